The molecule has 6 nitrogen and oxygen atoms in total. The Morgan fingerprint density at radius 2 is 2.06 bits per heavy atom. The number of halogens is 2. The minimum atomic E-state index is -0.516. The molecule has 1 aromatic heterocycles. The second-order valence-corrected chi connectivity index (χ2v) is 4.34. The van der Waals surface area contributed by atoms with Gasteiger partial charge in [0, 0.05) is 18.5 Å². The summed E-state index contributed by atoms with van der Waals surface area (Å²) in [7, 11) is 0. The van der Waals surface area contributed by atoms with Gasteiger partial charge in [-0.3, -0.25) is 10.1 Å². The summed E-state index contributed by atoms with van der Waals surface area (Å²) in [5.74, 6) is 0.326. The summed E-state index contributed by atoms with van der Waals surface area (Å²) >= 11 is 9.00. The van der Waals surface area contributed by atoms with Gasteiger partial charge < -0.3 is 4.74 Å². The van der Waals surface area contributed by atoms with Crippen molar-refractivity contribution in [3.8, 4) is 11.6 Å². The Balaban J connectivity index is 2.37. The molecule has 0 aliphatic rings. The molecule has 2 rings (SSSR count). The van der Waals surface area contributed by atoms with E-state index in [4.69, 9.17) is 16.3 Å². The van der Waals surface area contributed by atoms with E-state index in [1.807, 2.05) is 0 Å². The Hall–Kier alpha value is -1.73. The van der Waals surface area contributed by atoms with Crippen molar-refractivity contribution < 1.29 is 9.66 Å². The van der Waals surface area contributed by atoms with Crippen molar-refractivity contribution in [2.45, 2.75) is 0 Å². The maximum Gasteiger partial charge on any atom is 0.273 e. The van der Waals surface area contributed by atoms with E-state index in [1.54, 1.807) is 0 Å². The molecule has 0 aliphatic heterocycles. The molecule has 0 fully saturated rings. The molecule has 18 heavy (non-hydrogen) atoms. The maximum atomic E-state index is 10.7. The van der Waals surface area contributed by atoms with E-state index in [0.29, 0.717) is 4.47 Å². The van der Waals surface area contributed by atoms with E-state index in [2.05, 4.69) is 25.9 Å². The van der Waals surface area contributed by atoms with Crippen LogP contribution in [0.3, 0.4) is 0 Å². The lowest BCUT2D eigenvalue weighted by Crippen LogP contribution is -1.93. The Bertz CT molecular complexity index is 609. The standard InChI is InChI=1S/C10H5BrClN3O3/c11-7-2-1-6(15(16)17)5-8(7)18-10-9(12)13-3-4-14-10/h1-5H. The average Bonchev–Trinajstić information content (AvgIpc) is 2.34. The fraction of sp³-hybridized carbons (Fsp3) is 0. The third-order valence-electron chi connectivity index (χ3n) is 1.96. The van der Waals surface area contributed by atoms with Gasteiger partial charge >= 0.3 is 0 Å². The maximum absolute atomic E-state index is 10.7. The van der Waals surface area contributed by atoms with Crippen molar-refractivity contribution in [1.82, 2.24) is 9.97 Å². The molecule has 0 spiro atoms. The normalized spacial score (nSPS) is 10.1. The van der Waals surface area contributed by atoms with Crippen LogP contribution in [-0.4, -0.2) is 14.9 Å². The molecular weight excluding hydrogens is 325 g/mol. The molecule has 0 atom stereocenters. The molecule has 0 bridgehead atoms. The first kappa shape index (κ1) is 12.7. The highest BCUT2D eigenvalue weighted by Gasteiger charge is 2.13. The van der Waals surface area contributed by atoms with E-state index in [9.17, 15) is 10.1 Å². The predicted molar refractivity (Wildman–Crippen MR) is 67.9 cm³/mol. The van der Waals surface area contributed by atoms with E-state index in [1.165, 1.54) is 30.6 Å². The minimum absolute atomic E-state index is 0.0795. The van der Waals surface area contributed by atoms with E-state index in [-0.39, 0.29) is 22.5 Å². The van der Waals surface area contributed by atoms with E-state index in [0.717, 1.165) is 0 Å². The first-order valence-electron chi connectivity index (χ1n) is 4.66. The number of ether oxygens (including phenoxy) is 1. The van der Waals surface area contributed by atoms with Crippen molar-refractivity contribution in [2.24, 2.45) is 0 Å². The molecule has 8 heteroatoms. The van der Waals surface area contributed by atoms with Crippen LogP contribution < -0.4 is 4.74 Å². The van der Waals surface area contributed by atoms with E-state index >= 15 is 0 Å². The van der Waals surface area contributed by atoms with Crippen LogP contribution in [0, 0.1) is 10.1 Å². The minimum Gasteiger partial charge on any atom is -0.435 e. The van der Waals surface area contributed by atoms with Crippen molar-refractivity contribution in [2.75, 3.05) is 0 Å². The zero-order chi connectivity index (χ0) is 13.1. The van der Waals surface area contributed by atoms with Crippen molar-refractivity contribution in [1.29, 1.82) is 0 Å². The molecular formula is C10H5BrClN3O3. The number of benzene rings is 1. The highest BCUT2D eigenvalue weighted by atomic mass is 79.9. The monoisotopic (exact) mass is 329 g/mol. The van der Waals surface area contributed by atoms with Crippen LogP contribution in [0.15, 0.2) is 35.1 Å². The van der Waals surface area contributed by atoms with Crippen molar-refractivity contribution >= 4 is 33.2 Å². The zero-order valence-electron chi connectivity index (χ0n) is 8.71. The van der Waals surface area contributed by atoms with Crippen LogP contribution in [0.5, 0.6) is 11.6 Å². The highest BCUT2D eigenvalue weighted by Crippen LogP contribution is 2.33. The average molecular weight is 331 g/mol. The lowest BCUT2D eigenvalue weighted by molar-refractivity contribution is -0.384. The van der Waals surface area contributed by atoms with Crippen LogP contribution in [-0.2, 0) is 0 Å². The summed E-state index contributed by atoms with van der Waals surface area (Å²) in [4.78, 5) is 17.8. The van der Waals surface area contributed by atoms with Crippen LogP contribution in [0.25, 0.3) is 0 Å². The molecule has 0 saturated heterocycles. The molecule has 0 aliphatic carbocycles. The molecule has 0 N–H and O–H groups in total. The van der Waals surface area contributed by atoms with Gasteiger partial charge in [-0.05, 0) is 22.0 Å². The van der Waals surface area contributed by atoms with Crippen LogP contribution in [0.1, 0.15) is 0 Å². The summed E-state index contributed by atoms with van der Waals surface area (Å²) in [5.41, 5.74) is -0.0896. The second-order valence-electron chi connectivity index (χ2n) is 3.13. The van der Waals surface area contributed by atoms with Gasteiger partial charge in [0.05, 0.1) is 15.5 Å². The third kappa shape index (κ3) is 2.74. The number of nitro benzene ring substituents is 1. The Morgan fingerprint density at radius 1 is 1.33 bits per heavy atom. The van der Waals surface area contributed by atoms with Gasteiger partial charge in [-0.2, -0.15) is 0 Å². The predicted octanol–water partition coefficient (Wildman–Crippen LogP) is 3.59. The summed E-state index contributed by atoms with van der Waals surface area (Å²) in [6.07, 6.45) is 2.82. The van der Waals surface area contributed by atoms with Gasteiger partial charge in [0.15, 0.2) is 10.9 Å². The second kappa shape index (κ2) is 5.28. The van der Waals surface area contributed by atoms with Crippen molar-refractivity contribution in [3.63, 3.8) is 0 Å². The van der Waals surface area contributed by atoms with Gasteiger partial charge in [-0.25, -0.2) is 9.97 Å². The molecule has 1 aromatic carbocycles. The molecule has 1 heterocycles. The number of nitrogens with zero attached hydrogens (tertiary/aromatic N) is 3. The largest absolute Gasteiger partial charge is 0.435 e. The molecule has 0 unspecified atom stereocenters. The number of rotatable bonds is 3. The zero-order valence-corrected chi connectivity index (χ0v) is 11.1. The van der Waals surface area contributed by atoms with Crippen LogP contribution >= 0.6 is 27.5 Å². The quantitative estimate of drug-likeness (QED) is 0.635. The first-order valence-corrected chi connectivity index (χ1v) is 5.83. The number of nitro groups is 1. The smallest absolute Gasteiger partial charge is 0.273 e. The molecule has 0 saturated carbocycles. The van der Waals surface area contributed by atoms with Gasteiger partial charge in [0.1, 0.15) is 0 Å². The Labute approximate surface area is 115 Å². The summed E-state index contributed by atoms with van der Waals surface area (Å²) in [5, 5.41) is 10.7. The lowest BCUT2D eigenvalue weighted by Gasteiger charge is -2.06. The Kier molecular flexibility index (Phi) is 3.73. The highest BCUT2D eigenvalue weighted by molar-refractivity contribution is 9.10. The van der Waals surface area contributed by atoms with Gasteiger partial charge in [0.2, 0.25) is 0 Å². The third-order valence-corrected chi connectivity index (χ3v) is 2.87. The molecule has 0 radical (unpaired) electrons. The summed E-state index contributed by atoms with van der Waals surface area (Å²) < 4.78 is 5.92. The van der Waals surface area contributed by atoms with Crippen molar-refractivity contribution in [3.05, 3.63) is 50.3 Å². The van der Waals surface area contributed by atoms with Gasteiger partial charge in [-0.1, -0.05) is 11.6 Å². The first-order chi connectivity index (χ1) is 8.58. The fourth-order valence-corrected chi connectivity index (χ4v) is 1.64. The molecule has 92 valence electrons. The van der Waals surface area contributed by atoms with Gasteiger partial charge in [-0.15, -0.1) is 0 Å². The summed E-state index contributed by atoms with van der Waals surface area (Å²) in [6.45, 7) is 0. The summed E-state index contributed by atoms with van der Waals surface area (Å²) in [6, 6.07) is 4.14. The number of hydrogen-bond acceptors (Lipinski definition) is 5. The molecule has 0 amide bonds. The number of non-ortho nitro benzene ring substituents is 1. The van der Waals surface area contributed by atoms with E-state index < -0.39 is 4.92 Å². The van der Waals surface area contributed by atoms with Gasteiger partial charge in [0.25, 0.3) is 11.6 Å². The fourth-order valence-electron chi connectivity index (χ4n) is 1.16. The topological polar surface area (TPSA) is 78.2 Å². The number of hydrogen-bond donors (Lipinski definition) is 0. The SMILES string of the molecule is O=[N+]([O-])c1ccc(Br)c(Oc2nccnc2Cl)c1. The Morgan fingerprint density at radius 3 is 2.72 bits per heavy atom. The lowest BCUT2D eigenvalue weighted by atomic mass is 10.3. The molecule has 2 aromatic rings. The van der Waals surface area contributed by atoms with Crippen LogP contribution in [0.4, 0.5) is 5.69 Å². The number of aromatic nitrogens is 2. The van der Waals surface area contributed by atoms with Crippen LogP contribution in [0.2, 0.25) is 5.15 Å².